The van der Waals surface area contributed by atoms with E-state index in [1.54, 1.807) is 4.90 Å². The molecule has 0 saturated heterocycles. The summed E-state index contributed by atoms with van der Waals surface area (Å²) < 4.78 is 25.9. The highest BCUT2D eigenvalue weighted by Crippen LogP contribution is 2.15. The first-order valence-electron chi connectivity index (χ1n) is 4.04. The van der Waals surface area contributed by atoms with Gasteiger partial charge in [-0.2, -0.15) is 0 Å². The molecule has 0 bridgehead atoms. The first kappa shape index (κ1) is 9.61. The van der Waals surface area contributed by atoms with Gasteiger partial charge in [-0.1, -0.05) is 12.2 Å². The largest absolute Gasteiger partial charge is 0.314 e. The molecule has 0 radical (unpaired) electrons. The molecule has 0 aromatic carbocycles. The van der Waals surface area contributed by atoms with Gasteiger partial charge in [-0.3, -0.25) is 4.90 Å². The van der Waals surface area contributed by atoms with Gasteiger partial charge < -0.3 is 5.32 Å². The second-order valence-electron chi connectivity index (χ2n) is 3.05. The predicted octanol–water partition coefficient (Wildman–Crippen LogP) is 0.713. The van der Waals surface area contributed by atoms with E-state index in [0.717, 1.165) is 0 Å². The highest BCUT2D eigenvalue weighted by Gasteiger charge is 2.30. The molecule has 0 aromatic heterocycles. The van der Waals surface area contributed by atoms with Crippen molar-refractivity contribution in [3.05, 3.63) is 12.2 Å². The average molecular weight is 176 g/mol. The quantitative estimate of drug-likeness (QED) is 0.635. The summed E-state index contributed by atoms with van der Waals surface area (Å²) in [6.45, 7) is 0.906. The predicted molar refractivity (Wildman–Crippen MR) is 44.5 cm³/mol. The molecule has 1 aliphatic rings. The molecule has 0 atom stereocenters. The molecule has 2 nitrogen and oxygen atoms in total. The standard InChI is InChI=1S/C8H14F2N2/c1-11-6-8(9,10)7-12-4-2-3-5-12/h2-3,11H,4-7H2,1H3. The molecule has 0 fully saturated rings. The van der Waals surface area contributed by atoms with Crippen LogP contribution < -0.4 is 5.32 Å². The van der Waals surface area contributed by atoms with E-state index in [1.165, 1.54) is 7.05 Å². The first-order chi connectivity index (χ1) is 5.64. The molecule has 0 amide bonds. The second kappa shape index (κ2) is 3.96. The normalized spacial score (nSPS) is 18.9. The Kier molecular flexibility index (Phi) is 3.17. The monoisotopic (exact) mass is 176 g/mol. The van der Waals surface area contributed by atoms with E-state index < -0.39 is 5.92 Å². The van der Waals surface area contributed by atoms with Crippen LogP contribution >= 0.6 is 0 Å². The second-order valence-corrected chi connectivity index (χ2v) is 3.05. The molecule has 1 aliphatic heterocycles. The van der Waals surface area contributed by atoms with Crippen LogP contribution in [-0.4, -0.2) is 44.0 Å². The number of nitrogens with one attached hydrogen (secondary N) is 1. The first-order valence-corrected chi connectivity index (χ1v) is 4.04. The molecule has 70 valence electrons. The fraction of sp³-hybridized carbons (Fsp3) is 0.750. The van der Waals surface area contributed by atoms with Crippen LogP contribution in [-0.2, 0) is 0 Å². The molecule has 0 saturated carbocycles. The Morgan fingerprint density at radius 1 is 1.42 bits per heavy atom. The maximum absolute atomic E-state index is 12.9. The smallest absolute Gasteiger partial charge is 0.272 e. The number of rotatable bonds is 4. The van der Waals surface area contributed by atoms with Gasteiger partial charge in [0.15, 0.2) is 0 Å². The zero-order valence-corrected chi connectivity index (χ0v) is 7.19. The summed E-state index contributed by atoms with van der Waals surface area (Å²) in [6.07, 6.45) is 3.82. The molecule has 0 aliphatic carbocycles. The lowest BCUT2D eigenvalue weighted by Crippen LogP contribution is -2.41. The minimum Gasteiger partial charge on any atom is -0.314 e. The van der Waals surface area contributed by atoms with Crippen molar-refractivity contribution in [3.63, 3.8) is 0 Å². The van der Waals surface area contributed by atoms with Crippen LogP contribution in [0.15, 0.2) is 12.2 Å². The Morgan fingerprint density at radius 2 is 2.00 bits per heavy atom. The lowest BCUT2D eigenvalue weighted by atomic mass is 10.3. The molecule has 1 N–H and O–H groups in total. The molecular weight excluding hydrogens is 162 g/mol. The molecule has 12 heavy (non-hydrogen) atoms. The Hall–Kier alpha value is -0.480. The van der Waals surface area contributed by atoms with Gasteiger partial charge >= 0.3 is 0 Å². The third-order valence-corrected chi connectivity index (χ3v) is 1.78. The van der Waals surface area contributed by atoms with E-state index in [4.69, 9.17) is 0 Å². The number of alkyl halides is 2. The van der Waals surface area contributed by atoms with E-state index in [-0.39, 0.29) is 13.1 Å². The summed E-state index contributed by atoms with van der Waals surface area (Å²) in [5.74, 6) is -2.61. The molecular formula is C8H14F2N2. The molecule has 0 aromatic rings. The van der Waals surface area contributed by atoms with E-state index >= 15 is 0 Å². The van der Waals surface area contributed by atoms with Crippen LogP contribution in [0.4, 0.5) is 8.78 Å². The highest BCUT2D eigenvalue weighted by molar-refractivity contribution is 4.96. The summed E-state index contributed by atoms with van der Waals surface area (Å²) in [5, 5.41) is 2.48. The van der Waals surface area contributed by atoms with Crippen molar-refractivity contribution in [1.82, 2.24) is 10.2 Å². The maximum atomic E-state index is 12.9. The van der Waals surface area contributed by atoms with Gasteiger partial charge in [-0.25, -0.2) is 8.78 Å². The zero-order valence-electron chi connectivity index (χ0n) is 7.19. The van der Waals surface area contributed by atoms with E-state index in [9.17, 15) is 8.78 Å². The number of hydrogen-bond donors (Lipinski definition) is 1. The fourth-order valence-corrected chi connectivity index (χ4v) is 1.29. The Balaban J connectivity index is 2.28. The lowest BCUT2D eigenvalue weighted by molar-refractivity contribution is -0.0227. The van der Waals surface area contributed by atoms with Gasteiger partial charge in [0.1, 0.15) is 0 Å². The minimum atomic E-state index is -2.61. The van der Waals surface area contributed by atoms with Crippen molar-refractivity contribution < 1.29 is 8.78 Å². The van der Waals surface area contributed by atoms with Crippen LogP contribution in [0.25, 0.3) is 0 Å². The highest BCUT2D eigenvalue weighted by atomic mass is 19.3. The van der Waals surface area contributed by atoms with Gasteiger partial charge in [0, 0.05) is 13.1 Å². The van der Waals surface area contributed by atoms with Crippen LogP contribution in [0, 0.1) is 0 Å². The number of hydrogen-bond acceptors (Lipinski definition) is 2. The van der Waals surface area contributed by atoms with Crippen molar-refractivity contribution in [3.8, 4) is 0 Å². The van der Waals surface area contributed by atoms with Gasteiger partial charge in [0.2, 0.25) is 0 Å². The molecule has 1 rings (SSSR count). The van der Waals surface area contributed by atoms with Crippen LogP contribution in [0.5, 0.6) is 0 Å². The van der Waals surface area contributed by atoms with Crippen molar-refractivity contribution in [2.24, 2.45) is 0 Å². The summed E-state index contributed by atoms with van der Waals surface area (Å²) in [6, 6.07) is 0. The van der Waals surface area contributed by atoms with Gasteiger partial charge in [-0.15, -0.1) is 0 Å². The Morgan fingerprint density at radius 3 is 2.50 bits per heavy atom. The van der Waals surface area contributed by atoms with Gasteiger partial charge in [-0.05, 0) is 7.05 Å². The topological polar surface area (TPSA) is 15.3 Å². The van der Waals surface area contributed by atoms with Gasteiger partial charge in [0.25, 0.3) is 5.92 Å². The molecule has 1 heterocycles. The van der Waals surface area contributed by atoms with E-state index in [1.807, 2.05) is 12.2 Å². The average Bonchev–Trinajstić information content (AvgIpc) is 2.38. The number of halogens is 2. The Bertz CT molecular complexity index is 160. The van der Waals surface area contributed by atoms with Crippen molar-refractivity contribution in [2.45, 2.75) is 5.92 Å². The molecule has 0 spiro atoms. The SMILES string of the molecule is CNCC(F)(F)CN1CC=CC1. The van der Waals surface area contributed by atoms with Crippen LogP contribution in [0.3, 0.4) is 0 Å². The van der Waals surface area contributed by atoms with Crippen molar-refractivity contribution in [1.29, 1.82) is 0 Å². The summed E-state index contributed by atoms with van der Waals surface area (Å²) in [5.41, 5.74) is 0. The lowest BCUT2D eigenvalue weighted by Gasteiger charge is -2.22. The third kappa shape index (κ3) is 2.87. The maximum Gasteiger partial charge on any atom is 0.272 e. The Labute approximate surface area is 71.2 Å². The van der Waals surface area contributed by atoms with Crippen LogP contribution in [0.2, 0.25) is 0 Å². The van der Waals surface area contributed by atoms with Crippen molar-refractivity contribution in [2.75, 3.05) is 33.2 Å². The van der Waals surface area contributed by atoms with Gasteiger partial charge in [0.05, 0.1) is 13.1 Å². The zero-order chi connectivity index (χ0) is 9.03. The van der Waals surface area contributed by atoms with E-state index in [0.29, 0.717) is 13.1 Å². The fourth-order valence-electron chi connectivity index (χ4n) is 1.29. The van der Waals surface area contributed by atoms with E-state index in [2.05, 4.69) is 5.32 Å². The minimum absolute atomic E-state index is 0.152. The third-order valence-electron chi connectivity index (χ3n) is 1.78. The summed E-state index contributed by atoms with van der Waals surface area (Å²) in [4.78, 5) is 1.72. The summed E-state index contributed by atoms with van der Waals surface area (Å²) >= 11 is 0. The van der Waals surface area contributed by atoms with Crippen molar-refractivity contribution >= 4 is 0 Å². The molecule has 0 unspecified atom stereocenters. The number of nitrogens with zero attached hydrogens (tertiary/aromatic N) is 1. The summed E-state index contributed by atoms with van der Waals surface area (Å²) in [7, 11) is 1.54. The molecule has 4 heteroatoms. The van der Waals surface area contributed by atoms with Crippen LogP contribution in [0.1, 0.15) is 0 Å².